The van der Waals surface area contributed by atoms with Crippen LogP contribution in [0, 0.1) is 19.3 Å². The van der Waals surface area contributed by atoms with Crippen molar-refractivity contribution in [3.63, 3.8) is 0 Å². The fourth-order valence-corrected chi connectivity index (χ4v) is 3.30. The lowest BCUT2D eigenvalue weighted by molar-refractivity contribution is 0.107. The molecule has 128 valence electrons. The first-order chi connectivity index (χ1) is 11.0. The monoisotopic (exact) mass is 317 g/mol. The highest BCUT2D eigenvalue weighted by Gasteiger charge is 2.33. The van der Waals surface area contributed by atoms with E-state index < -0.39 is 0 Å². The van der Waals surface area contributed by atoms with Crippen molar-refractivity contribution in [1.29, 1.82) is 0 Å². The zero-order valence-corrected chi connectivity index (χ0v) is 14.8. The SMILES string of the molecule is CCOCCC1(CN=C(N)Nc2ccc(C)c(C)c2)CCCC1. The summed E-state index contributed by atoms with van der Waals surface area (Å²) in [6, 6.07) is 6.26. The molecule has 1 aliphatic carbocycles. The molecule has 1 fully saturated rings. The summed E-state index contributed by atoms with van der Waals surface area (Å²) in [6.45, 7) is 8.68. The fourth-order valence-electron chi connectivity index (χ4n) is 3.30. The molecule has 0 saturated heterocycles. The zero-order chi connectivity index (χ0) is 16.7. The van der Waals surface area contributed by atoms with Crippen LogP contribution in [-0.4, -0.2) is 25.7 Å². The maximum absolute atomic E-state index is 6.09. The standard InChI is InChI=1S/C19H31N3O/c1-4-23-12-11-19(9-5-6-10-19)14-21-18(20)22-17-8-7-15(2)16(3)13-17/h7-8,13H,4-6,9-12,14H2,1-3H3,(H3,20,21,22). The molecule has 0 aliphatic heterocycles. The van der Waals surface area contributed by atoms with Crippen LogP contribution in [0.3, 0.4) is 0 Å². The van der Waals surface area contributed by atoms with Crippen molar-refractivity contribution in [1.82, 2.24) is 0 Å². The summed E-state index contributed by atoms with van der Waals surface area (Å²) in [5.41, 5.74) is 9.92. The summed E-state index contributed by atoms with van der Waals surface area (Å²) in [5, 5.41) is 3.21. The minimum Gasteiger partial charge on any atom is -0.382 e. The van der Waals surface area contributed by atoms with Crippen molar-refractivity contribution in [2.45, 2.75) is 52.9 Å². The number of benzene rings is 1. The number of nitrogens with zero attached hydrogens (tertiary/aromatic N) is 1. The molecule has 1 aromatic carbocycles. The van der Waals surface area contributed by atoms with E-state index in [4.69, 9.17) is 10.5 Å². The lowest BCUT2D eigenvalue weighted by Gasteiger charge is -2.27. The first-order valence-electron chi connectivity index (χ1n) is 8.77. The third kappa shape index (κ3) is 5.24. The van der Waals surface area contributed by atoms with Gasteiger partial charge in [0.05, 0.1) is 0 Å². The molecule has 1 saturated carbocycles. The second kappa shape index (κ2) is 8.34. The van der Waals surface area contributed by atoms with Gasteiger partial charge in [0.1, 0.15) is 0 Å². The normalized spacial score (nSPS) is 17.4. The number of ether oxygens (including phenoxy) is 1. The van der Waals surface area contributed by atoms with Crippen LogP contribution in [-0.2, 0) is 4.74 Å². The van der Waals surface area contributed by atoms with Crippen LogP contribution < -0.4 is 11.1 Å². The Morgan fingerprint density at radius 3 is 2.65 bits per heavy atom. The van der Waals surface area contributed by atoms with Crippen molar-refractivity contribution >= 4 is 11.6 Å². The lowest BCUT2D eigenvalue weighted by Crippen LogP contribution is -2.28. The maximum Gasteiger partial charge on any atom is 0.193 e. The van der Waals surface area contributed by atoms with E-state index in [2.05, 4.69) is 36.3 Å². The second-order valence-corrected chi connectivity index (χ2v) is 6.78. The van der Waals surface area contributed by atoms with Crippen LogP contribution in [0.25, 0.3) is 0 Å². The first-order valence-corrected chi connectivity index (χ1v) is 8.77. The van der Waals surface area contributed by atoms with Gasteiger partial charge in [0, 0.05) is 25.4 Å². The number of hydrogen-bond donors (Lipinski definition) is 2. The number of aliphatic imine (C=N–C) groups is 1. The van der Waals surface area contributed by atoms with Gasteiger partial charge >= 0.3 is 0 Å². The Labute approximate surface area is 140 Å². The molecule has 1 aliphatic rings. The quantitative estimate of drug-likeness (QED) is 0.454. The minimum absolute atomic E-state index is 0.282. The number of guanidine groups is 1. The van der Waals surface area contributed by atoms with Gasteiger partial charge in [-0.05, 0) is 68.7 Å². The zero-order valence-electron chi connectivity index (χ0n) is 14.8. The van der Waals surface area contributed by atoms with E-state index in [0.29, 0.717) is 5.96 Å². The third-order valence-corrected chi connectivity index (χ3v) is 5.01. The molecule has 4 nitrogen and oxygen atoms in total. The summed E-state index contributed by atoms with van der Waals surface area (Å²) < 4.78 is 5.55. The molecule has 1 aromatic rings. The molecule has 2 rings (SSSR count). The van der Waals surface area contributed by atoms with Crippen molar-refractivity contribution < 1.29 is 4.74 Å². The number of anilines is 1. The number of nitrogens with two attached hydrogens (primary N) is 1. The van der Waals surface area contributed by atoms with Gasteiger partial charge in [-0.3, -0.25) is 4.99 Å². The van der Waals surface area contributed by atoms with Gasteiger partial charge in [0.2, 0.25) is 0 Å². The van der Waals surface area contributed by atoms with E-state index in [1.807, 2.05) is 13.0 Å². The molecule has 0 heterocycles. The topological polar surface area (TPSA) is 59.6 Å². The number of rotatable bonds is 7. The summed E-state index contributed by atoms with van der Waals surface area (Å²) >= 11 is 0. The average molecular weight is 317 g/mol. The Bertz CT molecular complexity index is 533. The summed E-state index contributed by atoms with van der Waals surface area (Å²) in [4.78, 5) is 4.63. The summed E-state index contributed by atoms with van der Waals surface area (Å²) in [5.74, 6) is 0.510. The van der Waals surface area contributed by atoms with Crippen molar-refractivity contribution in [3.8, 4) is 0 Å². The Balaban J connectivity index is 1.94. The predicted octanol–water partition coefficient (Wildman–Crippen LogP) is 4.02. The van der Waals surface area contributed by atoms with E-state index in [0.717, 1.165) is 31.9 Å². The Morgan fingerprint density at radius 2 is 2.00 bits per heavy atom. The second-order valence-electron chi connectivity index (χ2n) is 6.78. The van der Waals surface area contributed by atoms with Crippen LogP contribution in [0.5, 0.6) is 0 Å². The highest BCUT2D eigenvalue weighted by atomic mass is 16.5. The van der Waals surface area contributed by atoms with E-state index in [9.17, 15) is 0 Å². The van der Waals surface area contributed by atoms with Gasteiger partial charge in [0.15, 0.2) is 5.96 Å². The van der Waals surface area contributed by atoms with E-state index >= 15 is 0 Å². The lowest BCUT2D eigenvalue weighted by atomic mass is 9.83. The summed E-state index contributed by atoms with van der Waals surface area (Å²) in [6.07, 6.45) is 6.15. The third-order valence-electron chi connectivity index (χ3n) is 5.01. The summed E-state index contributed by atoms with van der Waals surface area (Å²) in [7, 11) is 0. The fraction of sp³-hybridized carbons (Fsp3) is 0.632. The smallest absolute Gasteiger partial charge is 0.193 e. The molecular weight excluding hydrogens is 286 g/mol. The van der Waals surface area contributed by atoms with Crippen LogP contribution >= 0.6 is 0 Å². The Hall–Kier alpha value is -1.55. The average Bonchev–Trinajstić information content (AvgIpc) is 2.99. The molecule has 0 radical (unpaired) electrons. The van der Waals surface area contributed by atoms with Gasteiger partial charge in [-0.25, -0.2) is 0 Å². The molecular formula is C19H31N3O. The van der Waals surface area contributed by atoms with Gasteiger partial charge in [-0.1, -0.05) is 18.9 Å². The number of nitrogens with one attached hydrogen (secondary N) is 1. The highest BCUT2D eigenvalue weighted by Crippen LogP contribution is 2.41. The van der Waals surface area contributed by atoms with Crippen LogP contribution in [0.4, 0.5) is 5.69 Å². The van der Waals surface area contributed by atoms with Crippen LogP contribution in [0.1, 0.15) is 50.2 Å². The van der Waals surface area contributed by atoms with Gasteiger partial charge < -0.3 is 15.8 Å². The van der Waals surface area contributed by atoms with Gasteiger partial charge in [-0.2, -0.15) is 0 Å². The Morgan fingerprint density at radius 1 is 1.26 bits per heavy atom. The molecule has 0 atom stereocenters. The first kappa shape index (κ1) is 17.8. The molecule has 0 aromatic heterocycles. The highest BCUT2D eigenvalue weighted by molar-refractivity contribution is 5.92. The van der Waals surface area contributed by atoms with Gasteiger partial charge in [0.25, 0.3) is 0 Å². The van der Waals surface area contributed by atoms with E-state index in [1.54, 1.807) is 0 Å². The molecule has 0 amide bonds. The van der Waals surface area contributed by atoms with Crippen LogP contribution in [0.15, 0.2) is 23.2 Å². The Kier molecular flexibility index (Phi) is 6.46. The molecule has 4 heteroatoms. The molecule has 0 bridgehead atoms. The molecule has 0 unspecified atom stereocenters. The maximum atomic E-state index is 6.09. The number of aryl methyl sites for hydroxylation is 2. The van der Waals surface area contributed by atoms with Crippen LogP contribution in [0.2, 0.25) is 0 Å². The largest absolute Gasteiger partial charge is 0.382 e. The van der Waals surface area contributed by atoms with Gasteiger partial charge in [-0.15, -0.1) is 0 Å². The predicted molar refractivity (Wildman–Crippen MR) is 98.0 cm³/mol. The van der Waals surface area contributed by atoms with E-state index in [-0.39, 0.29) is 5.41 Å². The van der Waals surface area contributed by atoms with E-state index in [1.165, 1.54) is 36.8 Å². The minimum atomic E-state index is 0.282. The van der Waals surface area contributed by atoms with Crippen molar-refractivity contribution in [2.75, 3.05) is 25.1 Å². The number of hydrogen-bond acceptors (Lipinski definition) is 2. The van der Waals surface area contributed by atoms with Crippen molar-refractivity contribution in [2.24, 2.45) is 16.1 Å². The molecule has 3 N–H and O–H groups in total. The van der Waals surface area contributed by atoms with Crippen molar-refractivity contribution in [3.05, 3.63) is 29.3 Å². The molecule has 23 heavy (non-hydrogen) atoms. The molecule has 0 spiro atoms.